The van der Waals surface area contributed by atoms with Crippen molar-refractivity contribution in [3.05, 3.63) is 58.6 Å². The Labute approximate surface area is 172 Å². The zero-order valence-corrected chi connectivity index (χ0v) is 18.1. The second-order valence-corrected chi connectivity index (χ2v) is 8.85. The smallest absolute Gasteiger partial charge is 0.339 e. The highest BCUT2D eigenvalue weighted by Crippen LogP contribution is 2.22. The highest BCUT2D eigenvalue weighted by Gasteiger charge is 2.21. The van der Waals surface area contributed by atoms with Gasteiger partial charge in [-0.3, -0.25) is 4.79 Å². The normalized spacial score (nSPS) is 11.3. The number of hydrogen-bond acceptors (Lipinski definition) is 5. The Morgan fingerprint density at radius 3 is 2.39 bits per heavy atom. The molecule has 9 heteroatoms. The molecule has 0 aliphatic rings. The number of amides is 1. The monoisotopic (exact) mass is 468 g/mol. The van der Waals surface area contributed by atoms with Crippen LogP contribution in [0.2, 0.25) is 0 Å². The molecule has 0 unspecified atom stereocenters. The van der Waals surface area contributed by atoms with Crippen LogP contribution in [0.1, 0.15) is 24.2 Å². The average molecular weight is 469 g/mol. The fourth-order valence-electron chi connectivity index (χ4n) is 2.30. The molecule has 0 atom stereocenters. The Morgan fingerprint density at radius 1 is 1.14 bits per heavy atom. The molecule has 0 heterocycles. The number of carbonyl (C=O) groups is 2. The Hall–Kier alpha value is -2.23. The zero-order valence-electron chi connectivity index (χ0n) is 15.7. The summed E-state index contributed by atoms with van der Waals surface area (Å²) in [6.07, 6.45) is 0. The first-order valence-electron chi connectivity index (χ1n) is 8.42. The van der Waals surface area contributed by atoms with E-state index in [1.807, 2.05) is 6.07 Å². The summed E-state index contributed by atoms with van der Waals surface area (Å²) in [5.41, 5.74) is 0.680. The van der Waals surface area contributed by atoms with E-state index in [9.17, 15) is 18.0 Å². The van der Waals surface area contributed by atoms with E-state index in [1.165, 1.54) is 23.1 Å². The van der Waals surface area contributed by atoms with E-state index >= 15 is 0 Å². The lowest BCUT2D eigenvalue weighted by Gasteiger charge is -2.17. The number of para-hydroxylation sites is 1. The molecule has 0 radical (unpaired) electrons. The Bertz CT molecular complexity index is 962. The lowest BCUT2D eigenvalue weighted by Crippen LogP contribution is -2.31. The van der Waals surface area contributed by atoms with Gasteiger partial charge in [-0.2, -0.15) is 0 Å². The van der Waals surface area contributed by atoms with Crippen molar-refractivity contribution in [2.45, 2.75) is 24.8 Å². The fourth-order valence-corrected chi connectivity index (χ4v) is 3.99. The van der Waals surface area contributed by atoms with Crippen LogP contribution < -0.4 is 9.62 Å². The molecule has 1 N–H and O–H groups in total. The van der Waals surface area contributed by atoms with Crippen molar-refractivity contribution in [2.75, 3.05) is 18.6 Å². The number of halogens is 1. The van der Waals surface area contributed by atoms with Gasteiger partial charge in [0.25, 0.3) is 5.91 Å². The first kappa shape index (κ1) is 22.1. The summed E-state index contributed by atoms with van der Waals surface area (Å²) in [4.78, 5) is 25.9. The number of anilines is 1. The van der Waals surface area contributed by atoms with Gasteiger partial charge in [-0.25, -0.2) is 17.9 Å². The maximum Gasteiger partial charge on any atom is 0.339 e. The van der Waals surface area contributed by atoms with Crippen molar-refractivity contribution in [1.82, 2.24) is 4.72 Å². The van der Waals surface area contributed by atoms with Crippen LogP contribution in [0.4, 0.5) is 5.69 Å². The van der Waals surface area contributed by atoms with Gasteiger partial charge < -0.3 is 9.64 Å². The molecule has 0 bridgehead atoms. The summed E-state index contributed by atoms with van der Waals surface area (Å²) in [6, 6.07) is 12.7. The minimum Gasteiger partial charge on any atom is -0.452 e. The average Bonchev–Trinajstić information content (AvgIpc) is 2.65. The Kier molecular flexibility index (Phi) is 7.34. The van der Waals surface area contributed by atoms with Gasteiger partial charge in [0, 0.05) is 23.2 Å². The Balaban J connectivity index is 2.12. The first-order valence-corrected chi connectivity index (χ1v) is 10.7. The molecule has 0 fully saturated rings. The fraction of sp³-hybridized carbons (Fsp3) is 0.263. The van der Waals surface area contributed by atoms with E-state index in [2.05, 4.69) is 20.7 Å². The molecule has 2 aromatic rings. The van der Waals surface area contributed by atoms with Gasteiger partial charge in [0.15, 0.2) is 6.61 Å². The number of nitrogens with one attached hydrogen (secondary N) is 1. The van der Waals surface area contributed by atoms with Gasteiger partial charge in [-0.1, -0.05) is 18.2 Å². The van der Waals surface area contributed by atoms with Crippen molar-refractivity contribution in [2.24, 2.45) is 0 Å². The van der Waals surface area contributed by atoms with Crippen molar-refractivity contribution in [3.8, 4) is 0 Å². The molecule has 2 rings (SSSR count). The maximum absolute atomic E-state index is 12.4. The molecule has 0 spiro atoms. The first-order chi connectivity index (χ1) is 13.1. The molecule has 1 amide bonds. The summed E-state index contributed by atoms with van der Waals surface area (Å²) in [5.74, 6) is -1.22. The number of nitrogens with zero attached hydrogens (tertiary/aromatic N) is 1. The van der Waals surface area contributed by atoms with Crippen molar-refractivity contribution in [1.29, 1.82) is 0 Å². The molecular weight excluding hydrogens is 448 g/mol. The van der Waals surface area contributed by atoms with E-state index in [1.54, 1.807) is 45.2 Å². The van der Waals surface area contributed by atoms with E-state index in [4.69, 9.17) is 4.74 Å². The third kappa shape index (κ3) is 5.63. The second-order valence-electron chi connectivity index (χ2n) is 6.28. The minimum absolute atomic E-state index is 0.0156. The lowest BCUT2D eigenvalue weighted by molar-refractivity contribution is -0.121. The van der Waals surface area contributed by atoms with Crippen LogP contribution in [0.5, 0.6) is 0 Å². The predicted molar refractivity (Wildman–Crippen MR) is 110 cm³/mol. The zero-order chi connectivity index (χ0) is 20.9. The molecule has 7 nitrogen and oxygen atoms in total. The number of hydrogen-bond donors (Lipinski definition) is 1. The van der Waals surface area contributed by atoms with Crippen LogP contribution in [0.15, 0.2) is 57.9 Å². The molecule has 150 valence electrons. The second kappa shape index (κ2) is 9.31. The summed E-state index contributed by atoms with van der Waals surface area (Å²) in [7, 11) is -2.19. The Morgan fingerprint density at radius 2 is 1.79 bits per heavy atom. The highest BCUT2D eigenvalue weighted by molar-refractivity contribution is 9.10. The van der Waals surface area contributed by atoms with E-state index in [0.717, 1.165) is 0 Å². The number of sulfonamides is 1. The molecular formula is C19H21BrN2O5S. The van der Waals surface area contributed by atoms with Crippen LogP contribution in [0, 0.1) is 0 Å². The number of rotatable bonds is 7. The van der Waals surface area contributed by atoms with Gasteiger partial charge in [0.1, 0.15) is 0 Å². The van der Waals surface area contributed by atoms with Gasteiger partial charge in [0.2, 0.25) is 10.0 Å². The number of carbonyl (C=O) groups excluding carboxylic acids is 2. The summed E-state index contributed by atoms with van der Waals surface area (Å²) >= 11 is 3.21. The van der Waals surface area contributed by atoms with E-state index in [0.29, 0.717) is 10.2 Å². The molecule has 0 aliphatic carbocycles. The number of ether oxygens (including phenoxy) is 1. The highest BCUT2D eigenvalue weighted by atomic mass is 79.9. The van der Waals surface area contributed by atoms with Gasteiger partial charge in [-0.15, -0.1) is 0 Å². The topological polar surface area (TPSA) is 92.8 Å². The van der Waals surface area contributed by atoms with Crippen LogP contribution in [0.25, 0.3) is 0 Å². The van der Waals surface area contributed by atoms with Crippen LogP contribution in [-0.2, 0) is 19.6 Å². The third-order valence-electron chi connectivity index (χ3n) is 3.70. The van der Waals surface area contributed by atoms with Crippen molar-refractivity contribution in [3.63, 3.8) is 0 Å². The maximum atomic E-state index is 12.4. The van der Waals surface area contributed by atoms with Crippen LogP contribution >= 0.6 is 15.9 Å². The summed E-state index contributed by atoms with van der Waals surface area (Å²) in [5, 5.41) is 0. The number of benzene rings is 2. The third-order valence-corrected chi connectivity index (χ3v) is 6.05. The summed E-state index contributed by atoms with van der Waals surface area (Å²) < 4.78 is 32.5. The van der Waals surface area contributed by atoms with E-state index in [-0.39, 0.29) is 16.5 Å². The number of likely N-dealkylation sites (N-methyl/N-ethyl adjacent to an activating group) is 1. The number of esters is 1. The standard InChI is InChI=1S/C19H21BrN2O5S/c1-13(2)21-28(25,26)15-9-10-17(20)16(11-15)19(24)27-12-18(23)22(3)14-7-5-4-6-8-14/h4-11,13,21H,12H2,1-3H3. The van der Waals surface area contributed by atoms with Crippen molar-refractivity contribution >= 4 is 43.5 Å². The molecule has 0 saturated heterocycles. The molecule has 0 aromatic heterocycles. The van der Waals surface area contributed by atoms with Gasteiger partial charge in [-0.05, 0) is 60.1 Å². The minimum atomic E-state index is -3.77. The molecule has 0 saturated carbocycles. The molecule has 28 heavy (non-hydrogen) atoms. The van der Waals surface area contributed by atoms with Gasteiger partial charge in [0.05, 0.1) is 10.5 Å². The largest absolute Gasteiger partial charge is 0.452 e. The summed E-state index contributed by atoms with van der Waals surface area (Å²) in [6.45, 7) is 2.92. The SMILES string of the molecule is CC(C)NS(=O)(=O)c1ccc(Br)c(C(=O)OCC(=O)N(C)c2ccccc2)c1. The lowest BCUT2D eigenvalue weighted by atomic mass is 10.2. The quantitative estimate of drug-likeness (QED) is 0.630. The van der Waals surface area contributed by atoms with Crippen LogP contribution in [-0.4, -0.2) is 40.0 Å². The van der Waals surface area contributed by atoms with E-state index < -0.39 is 28.5 Å². The predicted octanol–water partition coefficient (Wildman–Crippen LogP) is 2.96. The molecule has 0 aliphatic heterocycles. The van der Waals surface area contributed by atoms with Crippen LogP contribution in [0.3, 0.4) is 0 Å². The van der Waals surface area contributed by atoms with Crippen molar-refractivity contribution < 1.29 is 22.7 Å². The molecule has 2 aromatic carbocycles. The van der Waals surface area contributed by atoms with Gasteiger partial charge >= 0.3 is 5.97 Å².